The third-order valence-electron chi connectivity index (χ3n) is 3.02. The molecule has 0 saturated heterocycles. The number of carbonyl (C=O) groups is 1. The first kappa shape index (κ1) is 16.8. The first-order valence-corrected chi connectivity index (χ1v) is 8.58. The van der Waals surface area contributed by atoms with Crippen LogP contribution in [0.4, 0.5) is 5.69 Å². The quantitative estimate of drug-likeness (QED) is 0.419. The number of amides is 1. The Kier molecular flexibility index (Phi) is 5.84. The Morgan fingerprint density at radius 2 is 2.09 bits per heavy atom. The summed E-state index contributed by atoms with van der Waals surface area (Å²) in [5, 5.41) is 3.41. The van der Waals surface area contributed by atoms with Crippen molar-refractivity contribution in [3.05, 3.63) is 29.8 Å². The number of benzene rings is 1. The number of alkyl halides is 1. The van der Waals surface area contributed by atoms with Gasteiger partial charge >= 0.3 is 0 Å². The number of carbonyl (C=O) groups excluding carboxylic acids is 1. The van der Waals surface area contributed by atoms with Crippen molar-refractivity contribution >= 4 is 50.4 Å². The Balaban J connectivity index is 1.91. The third kappa shape index (κ3) is 5.03. The Bertz CT molecular complexity index is 598. The molecule has 2 rings (SSSR count). The van der Waals surface area contributed by atoms with Crippen molar-refractivity contribution in [3.63, 3.8) is 0 Å². The van der Waals surface area contributed by atoms with Crippen molar-refractivity contribution in [1.82, 2.24) is 5.32 Å². The van der Waals surface area contributed by atoms with E-state index in [9.17, 15) is 4.79 Å². The van der Waals surface area contributed by atoms with Crippen LogP contribution in [0.5, 0.6) is 0 Å². The van der Waals surface area contributed by atoms with E-state index in [2.05, 4.69) is 31.2 Å². The normalized spacial score (nSPS) is 20.4. The van der Waals surface area contributed by atoms with Gasteiger partial charge in [0.1, 0.15) is 0 Å². The van der Waals surface area contributed by atoms with Crippen molar-refractivity contribution in [2.24, 2.45) is 21.5 Å². The minimum atomic E-state index is -0.0954. The topological polar surface area (TPSA) is 106 Å². The molecule has 0 aromatic heterocycles. The van der Waals surface area contributed by atoms with E-state index in [0.29, 0.717) is 5.17 Å². The zero-order valence-electron chi connectivity index (χ0n) is 12.1. The molecular formula is C14H18BrN5OS. The van der Waals surface area contributed by atoms with Crippen molar-refractivity contribution in [3.8, 4) is 0 Å². The van der Waals surface area contributed by atoms with Crippen LogP contribution in [0, 0.1) is 0 Å². The molecule has 1 aliphatic rings. The highest BCUT2D eigenvalue weighted by Gasteiger charge is 2.28. The monoisotopic (exact) mass is 383 g/mol. The highest BCUT2D eigenvalue weighted by atomic mass is 79.9. The molecule has 5 N–H and O–H groups in total. The van der Waals surface area contributed by atoms with Crippen LogP contribution in [0.3, 0.4) is 0 Å². The number of hydrogen-bond acceptors (Lipinski definition) is 4. The van der Waals surface area contributed by atoms with Crippen LogP contribution in [0.1, 0.15) is 18.9 Å². The molecule has 1 aromatic carbocycles. The molecule has 1 heterocycles. The lowest BCUT2D eigenvalue weighted by molar-refractivity contribution is -0.117. The highest BCUT2D eigenvalue weighted by molar-refractivity contribution is 9.11. The molecule has 0 fully saturated rings. The third-order valence-corrected chi connectivity index (χ3v) is 5.16. The van der Waals surface area contributed by atoms with Crippen LogP contribution in [-0.2, 0) is 11.2 Å². The molecule has 2 atom stereocenters. The minimum Gasteiger partial charge on any atom is -0.370 e. The van der Waals surface area contributed by atoms with Gasteiger partial charge in [0.15, 0.2) is 11.1 Å². The molecule has 0 bridgehead atoms. The predicted octanol–water partition coefficient (Wildman–Crippen LogP) is 1.85. The van der Waals surface area contributed by atoms with Gasteiger partial charge in [0.05, 0.1) is 15.9 Å². The largest absolute Gasteiger partial charge is 0.370 e. The first-order valence-electron chi connectivity index (χ1n) is 6.79. The van der Waals surface area contributed by atoms with E-state index in [0.717, 1.165) is 18.5 Å². The van der Waals surface area contributed by atoms with Crippen LogP contribution in [0.25, 0.3) is 0 Å². The van der Waals surface area contributed by atoms with Gasteiger partial charge in [-0.25, -0.2) is 4.99 Å². The average molecular weight is 384 g/mol. The number of halogens is 1. The van der Waals surface area contributed by atoms with Crippen molar-refractivity contribution in [1.29, 1.82) is 0 Å². The van der Waals surface area contributed by atoms with Gasteiger partial charge in [0, 0.05) is 6.92 Å². The van der Waals surface area contributed by atoms with Gasteiger partial charge in [0.2, 0.25) is 5.91 Å². The summed E-state index contributed by atoms with van der Waals surface area (Å²) in [6.45, 7) is 1.48. The van der Waals surface area contributed by atoms with Crippen LogP contribution < -0.4 is 16.8 Å². The Morgan fingerprint density at radius 3 is 2.68 bits per heavy atom. The summed E-state index contributed by atoms with van der Waals surface area (Å²) in [6, 6.07) is 7.92. The summed E-state index contributed by atoms with van der Waals surface area (Å²) in [4.78, 5) is 19.6. The number of rotatable bonds is 4. The zero-order valence-corrected chi connectivity index (χ0v) is 14.5. The number of nitrogens with two attached hydrogens (primary N) is 2. The smallest absolute Gasteiger partial charge is 0.222 e. The number of aliphatic imine (C=N–C) groups is 2. The van der Waals surface area contributed by atoms with Gasteiger partial charge < -0.3 is 16.8 Å². The van der Waals surface area contributed by atoms with E-state index >= 15 is 0 Å². The Hall–Kier alpha value is -1.54. The molecule has 1 amide bonds. The molecule has 0 aliphatic carbocycles. The van der Waals surface area contributed by atoms with Gasteiger partial charge in [0.25, 0.3) is 0 Å². The molecule has 2 unspecified atom stereocenters. The van der Waals surface area contributed by atoms with Crippen LogP contribution in [0.15, 0.2) is 34.3 Å². The number of thioether (sulfide) groups is 1. The van der Waals surface area contributed by atoms with E-state index in [1.54, 1.807) is 0 Å². The summed E-state index contributed by atoms with van der Waals surface area (Å²) in [6.07, 6.45) is 1.79. The number of nitrogens with zero attached hydrogens (tertiary/aromatic N) is 2. The summed E-state index contributed by atoms with van der Waals surface area (Å²) < 4.78 is 0.190. The molecule has 8 heteroatoms. The molecule has 0 saturated carbocycles. The van der Waals surface area contributed by atoms with Crippen molar-refractivity contribution in [2.75, 3.05) is 0 Å². The molecule has 0 radical (unpaired) electrons. The number of amidine groups is 1. The van der Waals surface area contributed by atoms with Crippen LogP contribution >= 0.6 is 27.7 Å². The summed E-state index contributed by atoms with van der Waals surface area (Å²) in [7, 11) is 0. The molecule has 118 valence electrons. The molecule has 0 spiro atoms. The maximum atomic E-state index is 11.1. The fraction of sp³-hybridized carbons (Fsp3) is 0.357. The Labute approximate surface area is 142 Å². The van der Waals surface area contributed by atoms with E-state index < -0.39 is 0 Å². The van der Waals surface area contributed by atoms with Gasteiger partial charge in [-0.05, 0) is 30.5 Å². The lowest BCUT2D eigenvalue weighted by Crippen LogP contribution is -2.24. The minimum absolute atomic E-state index is 0.0534. The zero-order chi connectivity index (χ0) is 16.1. The average Bonchev–Trinajstić information content (AvgIpc) is 2.76. The van der Waals surface area contributed by atoms with E-state index in [-0.39, 0.29) is 22.1 Å². The lowest BCUT2D eigenvalue weighted by atomic mass is 10.1. The number of guanidine groups is 1. The molecule has 22 heavy (non-hydrogen) atoms. The van der Waals surface area contributed by atoms with Gasteiger partial charge in [-0.2, -0.15) is 0 Å². The molecule has 6 nitrogen and oxygen atoms in total. The second-order valence-corrected chi connectivity index (χ2v) is 7.62. The summed E-state index contributed by atoms with van der Waals surface area (Å²) >= 11 is 5.13. The van der Waals surface area contributed by atoms with Crippen LogP contribution in [0.2, 0.25) is 0 Å². The van der Waals surface area contributed by atoms with E-state index in [4.69, 9.17) is 11.5 Å². The van der Waals surface area contributed by atoms with E-state index in [1.807, 2.05) is 24.3 Å². The number of hydrogen-bond donors (Lipinski definition) is 3. The second kappa shape index (κ2) is 7.64. The Morgan fingerprint density at radius 1 is 1.41 bits per heavy atom. The van der Waals surface area contributed by atoms with Gasteiger partial charge in [-0.3, -0.25) is 9.79 Å². The maximum absolute atomic E-state index is 11.1. The fourth-order valence-electron chi connectivity index (χ4n) is 2.03. The summed E-state index contributed by atoms with van der Waals surface area (Å²) in [5.41, 5.74) is 12.6. The molecule has 1 aliphatic heterocycles. The van der Waals surface area contributed by atoms with Crippen molar-refractivity contribution < 1.29 is 4.79 Å². The first-order chi connectivity index (χ1) is 10.4. The summed E-state index contributed by atoms with van der Waals surface area (Å²) in [5.74, 6) is -0.0420. The van der Waals surface area contributed by atoms with Gasteiger partial charge in [-0.15, -0.1) is 0 Å². The predicted molar refractivity (Wildman–Crippen MR) is 95.6 cm³/mol. The second-order valence-electron chi connectivity index (χ2n) is 4.89. The maximum Gasteiger partial charge on any atom is 0.222 e. The van der Waals surface area contributed by atoms with Crippen molar-refractivity contribution in [2.45, 2.75) is 30.0 Å². The number of nitrogens with one attached hydrogen (secondary N) is 1. The lowest BCUT2D eigenvalue weighted by Gasteiger charge is -2.10. The standard InChI is InChI=1S/C14H18BrN5OS/c1-8(21)18-14-20-11(12(15)22-14)7-4-9-2-5-10(6-3-9)19-13(16)17/h2-3,5-6,11-12H,4,7H2,1H3,(H4,16,17,19)(H,18,20,21). The highest BCUT2D eigenvalue weighted by Crippen LogP contribution is 2.33. The van der Waals surface area contributed by atoms with E-state index in [1.165, 1.54) is 24.2 Å². The SMILES string of the molecule is CC(=O)NC1=NC(CCc2ccc(N=C(N)N)cc2)C(Br)S1. The fourth-order valence-corrected chi connectivity index (χ4v) is 3.91. The number of aryl methyl sites for hydroxylation is 1. The van der Waals surface area contributed by atoms with Crippen LogP contribution in [-0.4, -0.2) is 27.2 Å². The van der Waals surface area contributed by atoms with Gasteiger partial charge in [-0.1, -0.05) is 39.8 Å². The molecular weight excluding hydrogens is 366 g/mol. The molecule has 1 aromatic rings.